The number of rotatable bonds is 7. The number of carboxylic acid groups (broad SMARTS) is 1. The van der Waals surface area contributed by atoms with E-state index in [1.807, 2.05) is 0 Å². The molecule has 20 heavy (non-hydrogen) atoms. The van der Waals surface area contributed by atoms with Gasteiger partial charge < -0.3 is 15.7 Å². The summed E-state index contributed by atoms with van der Waals surface area (Å²) < 4.78 is 0. The molecule has 1 aromatic heterocycles. The molecule has 0 saturated heterocycles. The summed E-state index contributed by atoms with van der Waals surface area (Å²) in [5.74, 6) is 1.59. The van der Waals surface area contributed by atoms with E-state index in [2.05, 4.69) is 21.5 Å². The zero-order valence-corrected chi connectivity index (χ0v) is 11.1. The van der Waals surface area contributed by atoms with Gasteiger partial charge in [0.05, 0.1) is 24.0 Å². The highest BCUT2D eigenvalue weighted by Crippen LogP contribution is 2.06. The van der Waals surface area contributed by atoms with Gasteiger partial charge in [0.1, 0.15) is 0 Å². The second kappa shape index (κ2) is 8.53. The number of carbonyl (C=O) groups excluding carboxylic acids is 1. The summed E-state index contributed by atoms with van der Waals surface area (Å²) in [4.78, 5) is 26.0. The molecule has 6 heteroatoms. The third kappa shape index (κ3) is 6.40. The normalized spacial score (nSPS) is 9.55. The van der Waals surface area contributed by atoms with Crippen LogP contribution in [0.1, 0.15) is 25.0 Å². The molecule has 0 aliphatic carbocycles. The van der Waals surface area contributed by atoms with Crippen molar-refractivity contribution in [3.8, 4) is 12.3 Å². The molecule has 0 radical (unpaired) electrons. The van der Waals surface area contributed by atoms with Gasteiger partial charge >= 0.3 is 12.0 Å². The van der Waals surface area contributed by atoms with Crippen LogP contribution in [0.4, 0.5) is 10.5 Å². The molecule has 1 heterocycles. The fourth-order valence-electron chi connectivity index (χ4n) is 1.49. The molecule has 0 aliphatic rings. The average molecular weight is 275 g/mol. The van der Waals surface area contributed by atoms with Gasteiger partial charge in [0.2, 0.25) is 0 Å². The van der Waals surface area contributed by atoms with E-state index < -0.39 is 5.97 Å². The number of urea groups is 1. The number of amides is 2. The van der Waals surface area contributed by atoms with Crippen LogP contribution in [0.3, 0.4) is 0 Å². The van der Waals surface area contributed by atoms with E-state index in [-0.39, 0.29) is 12.5 Å². The molecule has 0 spiro atoms. The third-order valence-corrected chi connectivity index (χ3v) is 2.45. The molecule has 1 aromatic rings. The molecule has 0 aromatic carbocycles. The monoisotopic (exact) mass is 275 g/mol. The summed E-state index contributed by atoms with van der Waals surface area (Å²) in [5, 5.41) is 13.9. The number of anilines is 1. The van der Waals surface area contributed by atoms with Gasteiger partial charge in [0, 0.05) is 13.0 Å². The molecule has 106 valence electrons. The molecule has 0 bridgehead atoms. The Kier molecular flexibility index (Phi) is 6.62. The smallest absolute Gasteiger partial charge is 0.319 e. The number of unbranched alkanes of at least 4 members (excludes halogenated alkanes) is 2. The standard InChI is InChI=1S/C14H17N3O3/c1-2-3-4-5-8-15-14(20)17-12-7-6-11(16-10-12)9-13(18)19/h1,6-7,10H,3-5,8-9H2,(H,18,19)(H2,15,17,20). The Hall–Kier alpha value is -2.55. The minimum atomic E-state index is -0.942. The molecule has 2 amide bonds. The van der Waals surface area contributed by atoms with Gasteiger partial charge in [-0.05, 0) is 25.0 Å². The number of terminal acetylenes is 1. The summed E-state index contributed by atoms with van der Waals surface area (Å²) >= 11 is 0. The number of hydrogen-bond donors (Lipinski definition) is 3. The first kappa shape index (κ1) is 15.5. The first-order chi connectivity index (χ1) is 9.61. The zero-order chi connectivity index (χ0) is 14.8. The van der Waals surface area contributed by atoms with Gasteiger partial charge in [-0.2, -0.15) is 0 Å². The van der Waals surface area contributed by atoms with Gasteiger partial charge in [-0.3, -0.25) is 9.78 Å². The quantitative estimate of drug-likeness (QED) is 0.521. The summed E-state index contributed by atoms with van der Waals surface area (Å²) in [6, 6.07) is 2.86. The van der Waals surface area contributed by atoms with Crippen molar-refractivity contribution in [2.75, 3.05) is 11.9 Å². The highest BCUT2D eigenvalue weighted by atomic mass is 16.4. The van der Waals surface area contributed by atoms with Crippen LogP contribution >= 0.6 is 0 Å². The maximum atomic E-state index is 11.5. The topological polar surface area (TPSA) is 91.3 Å². The maximum absolute atomic E-state index is 11.5. The predicted octanol–water partition coefficient (Wildman–Crippen LogP) is 1.63. The van der Waals surface area contributed by atoms with Crippen molar-refractivity contribution in [3.05, 3.63) is 24.0 Å². The molecule has 6 nitrogen and oxygen atoms in total. The van der Waals surface area contributed by atoms with E-state index in [1.165, 1.54) is 6.20 Å². The van der Waals surface area contributed by atoms with Crippen LogP contribution in [0, 0.1) is 12.3 Å². The van der Waals surface area contributed by atoms with Crippen molar-refractivity contribution in [3.63, 3.8) is 0 Å². The molecule has 0 fully saturated rings. The van der Waals surface area contributed by atoms with Crippen molar-refractivity contribution in [2.45, 2.75) is 25.7 Å². The molecule has 0 atom stereocenters. The third-order valence-electron chi connectivity index (χ3n) is 2.45. The number of aromatic nitrogens is 1. The number of carboxylic acids is 1. The van der Waals surface area contributed by atoms with Crippen LogP contribution in [0.25, 0.3) is 0 Å². The summed E-state index contributed by atoms with van der Waals surface area (Å²) in [6.07, 6.45) is 8.82. The fraction of sp³-hybridized carbons (Fsp3) is 0.357. The highest BCUT2D eigenvalue weighted by Gasteiger charge is 2.04. The number of aliphatic carboxylic acids is 1. The Bertz CT molecular complexity index is 491. The molecule has 0 saturated carbocycles. The zero-order valence-electron chi connectivity index (χ0n) is 11.1. The van der Waals surface area contributed by atoms with Gasteiger partial charge in [-0.1, -0.05) is 0 Å². The molecular weight excluding hydrogens is 258 g/mol. The van der Waals surface area contributed by atoms with Crippen LogP contribution in [0.15, 0.2) is 18.3 Å². The van der Waals surface area contributed by atoms with Crippen LogP contribution < -0.4 is 10.6 Å². The predicted molar refractivity (Wildman–Crippen MR) is 75.3 cm³/mol. The van der Waals surface area contributed by atoms with Crippen molar-refractivity contribution >= 4 is 17.7 Å². The SMILES string of the molecule is C#CCCCCNC(=O)Nc1ccc(CC(=O)O)nc1. The Morgan fingerprint density at radius 2 is 2.15 bits per heavy atom. The van der Waals surface area contributed by atoms with E-state index in [0.717, 1.165) is 12.8 Å². The van der Waals surface area contributed by atoms with E-state index in [0.29, 0.717) is 24.3 Å². The summed E-state index contributed by atoms with van der Waals surface area (Å²) in [5.41, 5.74) is 0.956. The van der Waals surface area contributed by atoms with E-state index >= 15 is 0 Å². The fourth-order valence-corrected chi connectivity index (χ4v) is 1.49. The molecule has 0 aliphatic heterocycles. The lowest BCUT2D eigenvalue weighted by Gasteiger charge is -2.07. The largest absolute Gasteiger partial charge is 0.481 e. The number of carbonyl (C=O) groups is 2. The summed E-state index contributed by atoms with van der Waals surface area (Å²) in [6.45, 7) is 0.554. The van der Waals surface area contributed by atoms with Gasteiger partial charge in [0.15, 0.2) is 0 Å². The number of hydrogen-bond acceptors (Lipinski definition) is 3. The second-order valence-electron chi connectivity index (χ2n) is 4.15. The van der Waals surface area contributed by atoms with Crippen LogP contribution in [0.5, 0.6) is 0 Å². The average Bonchev–Trinajstić information content (AvgIpc) is 2.40. The lowest BCUT2D eigenvalue weighted by Crippen LogP contribution is -2.29. The lowest BCUT2D eigenvalue weighted by molar-refractivity contribution is -0.136. The molecule has 0 unspecified atom stereocenters. The van der Waals surface area contributed by atoms with Gasteiger partial charge in [-0.15, -0.1) is 12.3 Å². The van der Waals surface area contributed by atoms with Crippen molar-refractivity contribution < 1.29 is 14.7 Å². The minimum Gasteiger partial charge on any atom is -0.481 e. The Morgan fingerprint density at radius 1 is 1.35 bits per heavy atom. The first-order valence-corrected chi connectivity index (χ1v) is 6.27. The van der Waals surface area contributed by atoms with Gasteiger partial charge in [0.25, 0.3) is 0 Å². The summed E-state index contributed by atoms with van der Waals surface area (Å²) in [7, 11) is 0. The number of nitrogens with one attached hydrogen (secondary N) is 2. The molecule has 1 rings (SSSR count). The Balaban J connectivity index is 2.31. The number of pyridine rings is 1. The van der Waals surface area contributed by atoms with Crippen molar-refractivity contribution in [1.82, 2.24) is 10.3 Å². The highest BCUT2D eigenvalue weighted by molar-refractivity contribution is 5.88. The Labute approximate surface area is 117 Å². The van der Waals surface area contributed by atoms with Crippen LogP contribution in [-0.2, 0) is 11.2 Å². The van der Waals surface area contributed by atoms with Crippen molar-refractivity contribution in [2.24, 2.45) is 0 Å². The lowest BCUT2D eigenvalue weighted by atomic mass is 10.2. The van der Waals surface area contributed by atoms with Crippen LogP contribution in [-0.4, -0.2) is 28.6 Å². The van der Waals surface area contributed by atoms with E-state index in [1.54, 1.807) is 12.1 Å². The van der Waals surface area contributed by atoms with Gasteiger partial charge in [-0.25, -0.2) is 4.79 Å². The maximum Gasteiger partial charge on any atom is 0.319 e. The van der Waals surface area contributed by atoms with E-state index in [9.17, 15) is 9.59 Å². The van der Waals surface area contributed by atoms with Crippen LogP contribution in [0.2, 0.25) is 0 Å². The second-order valence-corrected chi connectivity index (χ2v) is 4.15. The molecule has 3 N–H and O–H groups in total. The van der Waals surface area contributed by atoms with Crippen molar-refractivity contribution in [1.29, 1.82) is 0 Å². The minimum absolute atomic E-state index is 0.137. The molecular formula is C14H17N3O3. The first-order valence-electron chi connectivity index (χ1n) is 6.27. The van der Waals surface area contributed by atoms with E-state index in [4.69, 9.17) is 11.5 Å². The number of nitrogens with zero attached hydrogens (tertiary/aromatic N) is 1. The Morgan fingerprint density at radius 3 is 2.75 bits per heavy atom.